The van der Waals surface area contributed by atoms with Crippen LogP contribution >= 0.6 is 0 Å². The minimum Gasteiger partial charge on any atom is -0.491 e. The molecule has 4 nitrogen and oxygen atoms in total. The zero-order valence-corrected chi connectivity index (χ0v) is 15.1. The molecule has 3 unspecified atom stereocenters. The smallest absolute Gasteiger partial charge is 0.119 e. The van der Waals surface area contributed by atoms with E-state index in [1.54, 1.807) is 0 Å². The van der Waals surface area contributed by atoms with Gasteiger partial charge in [0.05, 0.1) is 12.2 Å². The molecule has 1 aliphatic rings. The van der Waals surface area contributed by atoms with Gasteiger partial charge in [-0.3, -0.25) is 4.90 Å². The summed E-state index contributed by atoms with van der Waals surface area (Å²) in [6.07, 6.45) is -0.0474. The third-order valence-corrected chi connectivity index (χ3v) is 4.27. The summed E-state index contributed by atoms with van der Waals surface area (Å²) in [6.45, 7) is 13.3. The molecule has 0 aromatic heterocycles. The molecule has 2 rings (SSSR count). The number of β-amino-alcohol motifs (C(OH)–C–C–N with tert-alkyl or cyclic N) is 1. The second kappa shape index (κ2) is 8.13. The van der Waals surface area contributed by atoms with Crippen molar-refractivity contribution in [2.45, 2.75) is 58.8 Å². The summed E-state index contributed by atoms with van der Waals surface area (Å²) < 4.78 is 11.5. The number of hydrogen-bond donors (Lipinski definition) is 1. The van der Waals surface area contributed by atoms with Crippen LogP contribution in [-0.4, -0.2) is 54.6 Å². The summed E-state index contributed by atoms with van der Waals surface area (Å²) in [4.78, 5) is 2.25. The van der Waals surface area contributed by atoms with Gasteiger partial charge in [0, 0.05) is 19.6 Å². The number of aryl methyl sites for hydroxylation is 1. The summed E-state index contributed by atoms with van der Waals surface area (Å²) >= 11 is 0. The number of benzene rings is 1. The zero-order valence-electron chi connectivity index (χ0n) is 15.1. The predicted molar refractivity (Wildman–Crippen MR) is 93.2 cm³/mol. The largest absolute Gasteiger partial charge is 0.491 e. The number of rotatable bonds is 6. The normalized spacial score (nSPS) is 24.0. The van der Waals surface area contributed by atoms with Crippen LogP contribution in [0.4, 0.5) is 0 Å². The summed E-state index contributed by atoms with van der Waals surface area (Å²) in [7, 11) is 0. The van der Waals surface area contributed by atoms with Crippen LogP contribution < -0.4 is 4.74 Å². The first-order chi connectivity index (χ1) is 10.8. The molecule has 23 heavy (non-hydrogen) atoms. The Bertz CT molecular complexity index is 493. The van der Waals surface area contributed by atoms with Gasteiger partial charge < -0.3 is 14.6 Å². The van der Waals surface area contributed by atoms with E-state index < -0.39 is 6.10 Å². The lowest BCUT2D eigenvalue weighted by atomic mass is 9.98. The van der Waals surface area contributed by atoms with Crippen molar-refractivity contribution >= 4 is 0 Å². The van der Waals surface area contributed by atoms with Crippen molar-refractivity contribution in [3.63, 3.8) is 0 Å². The van der Waals surface area contributed by atoms with E-state index in [9.17, 15) is 5.11 Å². The highest BCUT2D eigenvalue weighted by Crippen LogP contribution is 2.23. The third-order valence-electron chi connectivity index (χ3n) is 4.27. The Morgan fingerprint density at radius 2 is 1.91 bits per heavy atom. The molecule has 0 amide bonds. The lowest BCUT2D eigenvalue weighted by Gasteiger charge is -2.36. The summed E-state index contributed by atoms with van der Waals surface area (Å²) in [5.41, 5.74) is 2.58. The van der Waals surface area contributed by atoms with E-state index in [2.05, 4.69) is 51.7 Å². The maximum absolute atomic E-state index is 10.2. The van der Waals surface area contributed by atoms with Crippen molar-refractivity contribution in [3.8, 4) is 5.75 Å². The Hall–Kier alpha value is -1.10. The topological polar surface area (TPSA) is 41.9 Å². The fourth-order valence-corrected chi connectivity index (χ4v) is 3.36. The van der Waals surface area contributed by atoms with E-state index >= 15 is 0 Å². The van der Waals surface area contributed by atoms with Crippen LogP contribution in [0.3, 0.4) is 0 Å². The minimum atomic E-state index is -0.488. The van der Waals surface area contributed by atoms with Gasteiger partial charge in [-0.1, -0.05) is 19.9 Å². The molecule has 1 aliphatic heterocycles. The first kappa shape index (κ1) is 18.2. The standard InChI is InChI=1S/C19H31NO3/c1-13(2)19-7-6-18(8-14(19)3)22-12-17(21)11-20-9-15(4)23-16(5)10-20/h6-8,13,15-17,21H,9-12H2,1-5H3. The molecule has 1 fully saturated rings. The maximum atomic E-state index is 10.2. The molecule has 4 heteroatoms. The molecule has 1 N–H and O–H groups in total. The number of morpholine rings is 1. The minimum absolute atomic E-state index is 0.220. The average Bonchev–Trinajstić information content (AvgIpc) is 2.43. The number of ether oxygens (including phenoxy) is 2. The van der Waals surface area contributed by atoms with Gasteiger partial charge in [-0.15, -0.1) is 0 Å². The SMILES string of the molecule is Cc1cc(OCC(O)CN2CC(C)OC(C)C2)ccc1C(C)C. The summed E-state index contributed by atoms with van der Waals surface area (Å²) in [5, 5.41) is 10.2. The Balaban J connectivity index is 1.82. The number of nitrogens with zero attached hydrogens (tertiary/aromatic N) is 1. The number of aliphatic hydroxyl groups excluding tert-OH is 1. The molecule has 1 saturated heterocycles. The second-order valence-electron chi connectivity index (χ2n) is 7.11. The molecule has 0 bridgehead atoms. The highest BCUT2D eigenvalue weighted by molar-refractivity contribution is 5.36. The van der Waals surface area contributed by atoms with Crippen molar-refractivity contribution in [1.29, 1.82) is 0 Å². The van der Waals surface area contributed by atoms with Gasteiger partial charge in [0.2, 0.25) is 0 Å². The molecule has 130 valence electrons. The molecule has 0 aliphatic carbocycles. The molecule has 0 saturated carbocycles. The Kier molecular flexibility index (Phi) is 6.45. The Morgan fingerprint density at radius 3 is 2.48 bits per heavy atom. The van der Waals surface area contributed by atoms with Crippen molar-refractivity contribution < 1.29 is 14.6 Å². The van der Waals surface area contributed by atoms with Gasteiger partial charge in [-0.2, -0.15) is 0 Å². The third kappa shape index (κ3) is 5.48. The second-order valence-corrected chi connectivity index (χ2v) is 7.11. The molecule has 1 heterocycles. The van der Waals surface area contributed by atoms with E-state index in [0.717, 1.165) is 18.8 Å². The van der Waals surface area contributed by atoms with E-state index in [0.29, 0.717) is 19.1 Å². The molecule has 0 spiro atoms. The van der Waals surface area contributed by atoms with Crippen LogP contribution in [0.5, 0.6) is 5.75 Å². The number of hydrogen-bond acceptors (Lipinski definition) is 4. The van der Waals surface area contributed by atoms with Gasteiger partial charge in [0.15, 0.2) is 0 Å². The maximum Gasteiger partial charge on any atom is 0.119 e. The van der Waals surface area contributed by atoms with E-state index in [-0.39, 0.29) is 12.2 Å². The summed E-state index contributed by atoms with van der Waals surface area (Å²) in [6, 6.07) is 6.17. The highest BCUT2D eigenvalue weighted by atomic mass is 16.5. The molecular formula is C19H31NO3. The van der Waals surface area contributed by atoms with Crippen LogP contribution in [0, 0.1) is 6.92 Å². The van der Waals surface area contributed by atoms with Crippen LogP contribution in [0.2, 0.25) is 0 Å². The van der Waals surface area contributed by atoms with Gasteiger partial charge in [-0.25, -0.2) is 0 Å². The first-order valence-electron chi connectivity index (χ1n) is 8.64. The highest BCUT2D eigenvalue weighted by Gasteiger charge is 2.23. The predicted octanol–water partition coefficient (Wildman–Crippen LogP) is 2.97. The van der Waals surface area contributed by atoms with Gasteiger partial charge in [0.1, 0.15) is 18.5 Å². The van der Waals surface area contributed by atoms with E-state index in [1.165, 1.54) is 11.1 Å². The molecule has 0 radical (unpaired) electrons. The Morgan fingerprint density at radius 1 is 1.26 bits per heavy atom. The van der Waals surface area contributed by atoms with Gasteiger partial charge in [-0.05, 0) is 49.9 Å². The molecule has 3 atom stereocenters. The fraction of sp³-hybridized carbons (Fsp3) is 0.684. The van der Waals surface area contributed by atoms with Crippen molar-refractivity contribution in [3.05, 3.63) is 29.3 Å². The quantitative estimate of drug-likeness (QED) is 0.875. The molecular weight excluding hydrogens is 290 g/mol. The molecule has 1 aromatic rings. The molecule has 1 aromatic carbocycles. The lowest BCUT2D eigenvalue weighted by molar-refractivity contribution is -0.0786. The average molecular weight is 321 g/mol. The summed E-state index contributed by atoms with van der Waals surface area (Å²) in [5.74, 6) is 1.34. The van der Waals surface area contributed by atoms with Crippen molar-refractivity contribution in [2.24, 2.45) is 0 Å². The van der Waals surface area contributed by atoms with Crippen molar-refractivity contribution in [2.75, 3.05) is 26.2 Å². The van der Waals surface area contributed by atoms with Gasteiger partial charge >= 0.3 is 0 Å². The lowest BCUT2D eigenvalue weighted by Crippen LogP contribution is -2.48. The van der Waals surface area contributed by atoms with E-state index in [4.69, 9.17) is 9.47 Å². The van der Waals surface area contributed by atoms with E-state index in [1.807, 2.05) is 6.07 Å². The van der Waals surface area contributed by atoms with Gasteiger partial charge in [0.25, 0.3) is 0 Å². The van der Waals surface area contributed by atoms with Crippen LogP contribution in [-0.2, 0) is 4.74 Å². The van der Waals surface area contributed by atoms with Crippen LogP contribution in [0.25, 0.3) is 0 Å². The van der Waals surface area contributed by atoms with Crippen molar-refractivity contribution in [1.82, 2.24) is 4.90 Å². The van der Waals surface area contributed by atoms with Crippen LogP contribution in [0.1, 0.15) is 44.7 Å². The first-order valence-corrected chi connectivity index (χ1v) is 8.64. The number of aliphatic hydroxyl groups is 1. The monoisotopic (exact) mass is 321 g/mol. The zero-order chi connectivity index (χ0) is 17.0. The van der Waals surface area contributed by atoms with Crippen LogP contribution in [0.15, 0.2) is 18.2 Å². The Labute approximate surface area is 140 Å². The fourth-order valence-electron chi connectivity index (χ4n) is 3.36.